The number of anilines is 1. The second-order valence-corrected chi connectivity index (χ2v) is 9.11. The largest absolute Gasteiger partial charge is 0.416 e. The summed E-state index contributed by atoms with van der Waals surface area (Å²) in [7, 11) is 0. The van der Waals surface area contributed by atoms with Crippen LogP contribution in [0.4, 0.5) is 23.8 Å². The summed E-state index contributed by atoms with van der Waals surface area (Å²) in [6, 6.07) is 3.97. The summed E-state index contributed by atoms with van der Waals surface area (Å²) in [5.74, 6) is -0.730. The second kappa shape index (κ2) is 10.1. The number of Topliss-reactive ketones (excluding diaryl/α,β-unsaturated/α-hetero) is 1. The number of nitrogens with two attached hydrogens (primary N) is 1. The van der Waals surface area contributed by atoms with Crippen molar-refractivity contribution in [3.63, 3.8) is 0 Å². The molecule has 0 aliphatic carbocycles. The van der Waals surface area contributed by atoms with E-state index in [-0.39, 0.29) is 42.5 Å². The fraction of sp³-hybridized carbons (Fsp3) is 0.435. The lowest BCUT2D eigenvalue weighted by Crippen LogP contribution is -2.58. The van der Waals surface area contributed by atoms with Crippen molar-refractivity contribution in [1.82, 2.24) is 19.4 Å². The zero-order valence-corrected chi connectivity index (χ0v) is 20.1. The van der Waals surface area contributed by atoms with Gasteiger partial charge < -0.3 is 15.5 Å². The van der Waals surface area contributed by atoms with Crippen LogP contribution in [0.2, 0.25) is 0 Å². The van der Waals surface area contributed by atoms with Crippen LogP contribution >= 0.6 is 0 Å². The monoisotopic (exact) mass is 508 g/mol. The van der Waals surface area contributed by atoms with Gasteiger partial charge >= 0.3 is 17.9 Å². The normalized spacial score (nSPS) is 14.5. The molecule has 10 nitrogen and oxygen atoms in total. The number of nitrogens with zero attached hydrogens (tertiary/aromatic N) is 4. The maximum atomic E-state index is 13.5. The number of rotatable bonds is 5. The van der Waals surface area contributed by atoms with Crippen molar-refractivity contribution in [2.45, 2.75) is 38.9 Å². The zero-order chi connectivity index (χ0) is 26.8. The van der Waals surface area contributed by atoms with Crippen LogP contribution in [0.15, 0.2) is 35.3 Å². The van der Waals surface area contributed by atoms with E-state index in [1.165, 1.54) is 30.2 Å². The van der Waals surface area contributed by atoms with Crippen molar-refractivity contribution in [3.05, 3.63) is 52.1 Å². The summed E-state index contributed by atoms with van der Waals surface area (Å²) in [4.78, 5) is 55.5. The number of hydrogen-bond donors (Lipinski definition) is 2. The summed E-state index contributed by atoms with van der Waals surface area (Å²) < 4.78 is 41.4. The summed E-state index contributed by atoms with van der Waals surface area (Å²) in [6.07, 6.45) is -3.91. The number of carbonyl (C=O) groups excluding carboxylic acids is 3. The molecule has 1 aliphatic rings. The highest BCUT2D eigenvalue weighted by atomic mass is 19.4. The Morgan fingerprint density at radius 2 is 1.67 bits per heavy atom. The van der Waals surface area contributed by atoms with E-state index < -0.39 is 34.8 Å². The summed E-state index contributed by atoms with van der Waals surface area (Å²) in [5, 5.41) is 2.49. The Labute approximate surface area is 204 Å². The smallest absolute Gasteiger partial charge is 0.338 e. The SMILES string of the molecule is CC(=O)Cc1ccc(-n2ccc(NC(=O)N3CCN(C(=O)C(C)(C)N)CC3)nc2=O)cc1C(F)(F)F. The quantitative estimate of drug-likeness (QED) is 0.633. The van der Waals surface area contributed by atoms with Crippen LogP contribution in [-0.4, -0.2) is 68.8 Å². The number of aromatic nitrogens is 2. The van der Waals surface area contributed by atoms with Gasteiger partial charge in [-0.05, 0) is 44.5 Å². The van der Waals surface area contributed by atoms with Crippen LogP contribution in [0.25, 0.3) is 5.69 Å². The fourth-order valence-electron chi connectivity index (χ4n) is 3.78. The van der Waals surface area contributed by atoms with E-state index in [1.54, 1.807) is 18.7 Å². The average Bonchev–Trinajstić information content (AvgIpc) is 2.77. The predicted molar refractivity (Wildman–Crippen MR) is 125 cm³/mol. The Balaban J connectivity index is 1.73. The Morgan fingerprint density at radius 1 is 1.06 bits per heavy atom. The lowest BCUT2D eigenvalue weighted by Gasteiger charge is -2.37. The van der Waals surface area contributed by atoms with Gasteiger partial charge in [0.25, 0.3) is 0 Å². The van der Waals surface area contributed by atoms with Crippen molar-refractivity contribution in [3.8, 4) is 5.69 Å². The number of carbonyl (C=O) groups is 3. The number of urea groups is 1. The molecule has 0 spiro atoms. The van der Waals surface area contributed by atoms with E-state index in [4.69, 9.17) is 5.73 Å². The van der Waals surface area contributed by atoms with Crippen molar-refractivity contribution in [2.24, 2.45) is 5.73 Å². The molecule has 1 fully saturated rings. The van der Waals surface area contributed by atoms with Crippen LogP contribution < -0.4 is 16.7 Å². The molecule has 1 aromatic carbocycles. The van der Waals surface area contributed by atoms with Crippen LogP contribution in [0.3, 0.4) is 0 Å². The molecular weight excluding hydrogens is 481 g/mol. The first-order valence-corrected chi connectivity index (χ1v) is 11.1. The molecule has 1 saturated heterocycles. The Kier molecular flexibility index (Phi) is 7.53. The van der Waals surface area contributed by atoms with Gasteiger partial charge in [0.2, 0.25) is 5.91 Å². The summed E-state index contributed by atoms with van der Waals surface area (Å²) in [5.41, 5.74) is 2.61. The lowest BCUT2D eigenvalue weighted by atomic mass is 10.0. The van der Waals surface area contributed by atoms with E-state index in [0.29, 0.717) is 13.1 Å². The molecule has 3 N–H and O–H groups in total. The molecular formula is C23H27F3N6O4. The predicted octanol–water partition coefficient (Wildman–Crippen LogP) is 1.80. The molecule has 36 heavy (non-hydrogen) atoms. The van der Waals surface area contributed by atoms with Gasteiger partial charge in [0, 0.05) is 38.8 Å². The topological polar surface area (TPSA) is 131 Å². The maximum absolute atomic E-state index is 13.5. The van der Waals surface area contributed by atoms with Crippen LogP contribution in [-0.2, 0) is 22.2 Å². The van der Waals surface area contributed by atoms with E-state index >= 15 is 0 Å². The van der Waals surface area contributed by atoms with E-state index in [1.807, 2.05) is 0 Å². The standard InChI is InChI=1S/C23H27F3N6O4/c1-14(33)12-15-4-5-16(13-17(15)23(24,25)26)32-7-6-18(29-21(32)36)28-20(35)31-10-8-30(9-11-31)19(34)22(2,3)27/h4-7,13H,8-12,27H2,1-3H3,(H,28,29,35,36). The molecule has 1 aromatic heterocycles. The summed E-state index contributed by atoms with van der Waals surface area (Å²) >= 11 is 0. The van der Waals surface area contributed by atoms with Gasteiger partial charge in [0.05, 0.1) is 16.8 Å². The van der Waals surface area contributed by atoms with Gasteiger partial charge in [0.1, 0.15) is 11.6 Å². The molecule has 1 aliphatic heterocycles. The van der Waals surface area contributed by atoms with Gasteiger partial charge in [-0.15, -0.1) is 0 Å². The third-order valence-electron chi connectivity index (χ3n) is 5.56. The number of alkyl halides is 3. The first-order valence-electron chi connectivity index (χ1n) is 11.1. The highest BCUT2D eigenvalue weighted by Crippen LogP contribution is 2.33. The highest BCUT2D eigenvalue weighted by molar-refractivity contribution is 5.89. The van der Waals surface area contributed by atoms with Crippen molar-refractivity contribution in [2.75, 3.05) is 31.5 Å². The zero-order valence-electron chi connectivity index (χ0n) is 20.1. The van der Waals surface area contributed by atoms with Gasteiger partial charge in [-0.1, -0.05) is 6.07 Å². The average molecular weight is 509 g/mol. The number of ketones is 1. The number of benzene rings is 1. The van der Waals surface area contributed by atoms with Crippen molar-refractivity contribution in [1.29, 1.82) is 0 Å². The number of amides is 3. The molecule has 0 unspecified atom stereocenters. The molecule has 0 bridgehead atoms. The van der Waals surface area contributed by atoms with E-state index in [0.717, 1.165) is 16.7 Å². The molecule has 0 radical (unpaired) electrons. The Bertz CT molecular complexity index is 1230. The third-order valence-corrected chi connectivity index (χ3v) is 5.56. The van der Waals surface area contributed by atoms with E-state index in [2.05, 4.69) is 10.3 Å². The summed E-state index contributed by atoms with van der Waals surface area (Å²) in [6.45, 7) is 5.48. The molecule has 0 atom stereocenters. The van der Waals surface area contributed by atoms with Gasteiger partial charge in [0.15, 0.2) is 0 Å². The molecule has 2 heterocycles. The minimum atomic E-state index is -4.72. The molecule has 13 heteroatoms. The minimum absolute atomic E-state index is 0.0768. The maximum Gasteiger partial charge on any atom is 0.416 e. The van der Waals surface area contributed by atoms with E-state index in [9.17, 15) is 32.3 Å². The lowest BCUT2D eigenvalue weighted by molar-refractivity contribution is -0.138. The second-order valence-electron chi connectivity index (χ2n) is 9.11. The first-order chi connectivity index (χ1) is 16.7. The molecule has 3 rings (SSSR count). The number of piperazine rings is 1. The number of hydrogen-bond acceptors (Lipinski definition) is 6. The first kappa shape index (κ1) is 26.9. The van der Waals surface area contributed by atoms with Gasteiger partial charge in [-0.3, -0.25) is 19.5 Å². The Hall–Kier alpha value is -3.74. The van der Waals surface area contributed by atoms with Crippen LogP contribution in [0, 0.1) is 0 Å². The molecule has 3 amide bonds. The molecule has 2 aromatic rings. The third kappa shape index (κ3) is 6.27. The van der Waals surface area contributed by atoms with Crippen molar-refractivity contribution < 1.29 is 27.6 Å². The van der Waals surface area contributed by atoms with Gasteiger partial charge in [-0.2, -0.15) is 18.2 Å². The minimum Gasteiger partial charge on any atom is -0.338 e. The Morgan fingerprint density at radius 3 is 2.19 bits per heavy atom. The molecule has 0 saturated carbocycles. The highest BCUT2D eigenvalue weighted by Gasteiger charge is 2.34. The van der Waals surface area contributed by atoms with Crippen LogP contribution in [0.5, 0.6) is 0 Å². The number of nitrogens with one attached hydrogen (secondary N) is 1. The fourth-order valence-corrected chi connectivity index (χ4v) is 3.78. The number of halogens is 3. The molecule has 194 valence electrons. The van der Waals surface area contributed by atoms with Crippen molar-refractivity contribution >= 4 is 23.5 Å². The van der Waals surface area contributed by atoms with Crippen LogP contribution in [0.1, 0.15) is 31.9 Å². The van der Waals surface area contributed by atoms with Gasteiger partial charge in [-0.25, -0.2) is 9.59 Å².